The summed E-state index contributed by atoms with van der Waals surface area (Å²) in [6.45, 7) is 3.27. The summed E-state index contributed by atoms with van der Waals surface area (Å²) in [6.07, 6.45) is 3.15. The Morgan fingerprint density at radius 1 is 1.27 bits per heavy atom. The highest BCUT2D eigenvalue weighted by Crippen LogP contribution is 2.23. The summed E-state index contributed by atoms with van der Waals surface area (Å²) in [4.78, 5) is 12.3. The van der Waals surface area contributed by atoms with Gasteiger partial charge in [0.2, 0.25) is 15.9 Å². The van der Waals surface area contributed by atoms with Gasteiger partial charge in [0.15, 0.2) is 0 Å². The van der Waals surface area contributed by atoms with Crippen molar-refractivity contribution in [3.05, 3.63) is 52.2 Å². The molecule has 8 heteroatoms. The Bertz CT molecular complexity index is 899. The summed E-state index contributed by atoms with van der Waals surface area (Å²) in [7, 11) is -3.60. The third-order valence-electron chi connectivity index (χ3n) is 4.05. The maximum absolute atomic E-state index is 12.8. The number of aryl methyl sites for hydroxylation is 1. The second-order valence-electron chi connectivity index (χ2n) is 5.87. The van der Waals surface area contributed by atoms with Gasteiger partial charge in [0.1, 0.15) is 0 Å². The van der Waals surface area contributed by atoms with Crippen molar-refractivity contribution in [3.63, 3.8) is 0 Å². The number of sulfonamides is 1. The molecule has 2 aromatic rings. The smallest absolute Gasteiger partial charge is 0.248 e. The zero-order valence-electron chi connectivity index (χ0n) is 14.3. The number of carbonyl (C=O) groups is 1. The van der Waals surface area contributed by atoms with E-state index >= 15 is 0 Å². The van der Waals surface area contributed by atoms with Gasteiger partial charge in [0, 0.05) is 24.9 Å². The molecule has 0 aliphatic carbocycles. The van der Waals surface area contributed by atoms with Crippen LogP contribution < -0.4 is 5.32 Å². The molecule has 0 saturated carbocycles. The maximum Gasteiger partial charge on any atom is 0.248 e. The lowest BCUT2D eigenvalue weighted by Gasteiger charge is -2.26. The summed E-state index contributed by atoms with van der Waals surface area (Å²) >= 11 is 1.55. The fourth-order valence-corrected chi connectivity index (χ4v) is 4.61. The zero-order chi connectivity index (χ0) is 18.6. The summed E-state index contributed by atoms with van der Waals surface area (Å²) in [6, 6.07) is 6.69. The third kappa shape index (κ3) is 4.39. The molecular weight excluding hydrogens is 372 g/mol. The van der Waals surface area contributed by atoms with Gasteiger partial charge in [-0.1, -0.05) is 6.07 Å². The Morgan fingerprint density at radius 3 is 2.73 bits per heavy atom. The Balaban J connectivity index is 1.78. The first-order chi connectivity index (χ1) is 12.5. The van der Waals surface area contributed by atoms with E-state index in [4.69, 9.17) is 4.74 Å². The lowest BCUT2D eigenvalue weighted by Crippen LogP contribution is -2.40. The molecular formula is C18H20N2O4S2. The Kier molecular flexibility index (Phi) is 5.87. The van der Waals surface area contributed by atoms with Gasteiger partial charge in [0.25, 0.3) is 0 Å². The molecule has 0 spiro atoms. The van der Waals surface area contributed by atoms with Crippen LogP contribution in [0.3, 0.4) is 0 Å². The predicted octanol–water partition coefficient (Wildman–Crippen LogP) is 2.73. The minimum atomic E-state index is -3.60. The Labute approximate surface area is 157 Å². The molecule has 1 aromatic carbocycles. The highest BCUT2D eigenvalue weighted by molar-refractivity contribution is 7.89. The lowest BCUT2D eigenvalue weighted by molar-refractivity contribution is -0.111. The van der Waals surface area contributed by atoms with Gasteiger partial charge < -0.3 is 10.1 Å². The molecule has 0 radical (unpaired) electrons. The van der Waals surface area contributed by atoms with E-state index < -0.39 is 10.0 Å². The van der Waals surface area contributed by atoms with E-state index in [0.717, 1.165) is 11.1 Å². The van der Waals surface area contributed by atoms with Gasteiger partial charge in [-0.05, 0) is 53.1 Å². The van der Waals surface area contributed by atoms with Crippen molar-refractivity contribution < 1.29 is 17.9 Å². The van der Waals surface area contributed by atoms with Crippen LogP contribution in [-0.4, -0.2) is 44.9 Å². The van der Waals surface area contributed by atoms with Crippen molar-refractivity contribution in [1.29, 1.82) is 0 Å². The normalized spacial score (nSPS) is 16.0. The number of hydrogen-bond donors (Lipinski definition) is 1. The largest absolute Gasteiger partial charge is 0.379 e. The lowest BCUT2D eigenvalue weighted by atomic mass is 10.2. The van der Waals surface area contributed by atoms with Crippen LogP contribution in [0.15, 0.2) is 46.0 Å². The number of ether oxygens (including phenoxy) is 1. The summed E-state index contributed by atoms with van der Waals surface area (Å²) in [5.41, 5.74) is 2.23. The molecule has 0 bridgehead atoms. The molecule has 0 atom stereocenters. The van der Waals surface area contributed by atoms with Crippen molar-refractivity contribution >= 4 is 39.0 Å². The molecule has 26 heavy (non-hydrogen) atoms. The fraction of sp³-hybridized carbons (Fsp3) is 0.278. The van der Waals surface area contributed by atoms with Crippen LogP contribution >= 0.6 is 11.3 Å². The number of carbonyl (C=O) groups excluding carboxylic acids is 1. The number of hydrogen-bond acceptors (Lipinski definition) is 5. The number of morpholine rings is 1. The fourth-order valence-electron chi connectivity index (χ4n) is 2.55. The molecule has 1 aliphatic rings. The molecule has 1 N–H and O–H groups in total. The second kappa shape index (κ2) is 8.13. The first-order valence-corrected chi connectivity index (χ1v) is 10.5. The number of nitrogens with one attached hydrogen (secondary N) is 1. The van der Waals surface area contributed by atoms with Crippen molar-refractivity contribution in [2.75, 3.05) is 31.6 Å². The van der Waals surface area contributed by atoms with E-state index in [1.165, 1.54) is 16.4 Å². The predicted molar refractivity (Wildman–Crippen MR) is 103 cm³/mol. The number of amides is 1. The first-order valence-electron chi connectivity index (χ1n) is 8.16. The molecule has 3 rings (SSSR count). The Hall–Kier alpha value is -2.00. The van der Waals surface area contributed by atoms with Crippen molar-refractivity contribution in [2.45, 2.75) is 11.8 Å². The Morgan fingerprint density at radius 2 is 2.04 bits per heavy atom. The van der Waals surface area contributed by atoms with Crippen LogP contribution in [0.2, 0.25) is 0 Å². The van der Waals surface area contributed by atoms with Gasteiger partial charge in [0.05, 0.1) is 18.1 Å². The monoisotopic (exact) mass is 392 g/mol. The van der Waals surface area contributed by atoms with E-state index in [2.05, 4.69) is 5.32 Å². The standard InChI is InChI=1S/C18H20N2O4S2/c1-14-2-4-16(26(22,23)20-7-9-24-10-8-20)12-17(14)19-18(21)5-3-15-6-11-25-13-15/h2-6,11-13H,7-10H2,1H3,(H,19,21)/b5-3+. The highest BCUT2D eigenvalue weighted by atomic mass is 32.2. The molecule has 1 aromatic heterocycles. The number of anilines is 1. The minimum Gasteiger partial charge on any atom is -0.379 e. The second-order valence-corrected chi connectivity index (χ2v) is 8.59. The van der Waals surface area contributed by atoms with Crippen molar-refractivity contribution in [1.82, 2.24) is 4.31 Å². The average Bonchev–Trinajstić information content (AvgIpc) is 3.16. The minimum absolute atomic E-state index is 0.169. The third-order valence-corrected chi connectivity index (χ3v) is 6.64. The number of rotatable bonds is 5. The molecule has 1 aliphatic heterocycles. The van der Waals surface area contributed by atoms with Crippen molar-refractivity contribution in [2.24, 2.45) is 0 Å². The average molecular weight is 393 g/mol. The van der Waals surface area contributed by atoms with Crippen LogP contribution in [0.1, 0.15) is 11.1 Å². The van der Waals surface area contributed by atoms with Gasteiger partial charge in [-0.25, -0.2) is 8.42 Å². The highest BCUT2D eigenvalue weighted by Gasteiger charge is 2.26. The zero-order valence-corrected chi connectivity index (χ0v) is 16.0. The molecule has 1 fully saturated rings. The first kappa shape index (κ1) is 18.8. The molecule has 1 saturated heterocycles. The molecule has 6 nitrogen and oxygen atoms in total. The van der Waals surface area contributed by atoms with E-state index in [-0.39, 0.29) is 10.8 Å². The van der Waals surface area contributed by atoms with E-state index in [1.807, 2.05) is 23.8 Å². The van der Waals surface area contributed by atoms with Gasteiger partial charge >= 0.3 is 0 Å². The maximum atomic E-state index is 12.8. The van der Waals surface area contributed by atoms with Gasteiger partial charge in [-0.15, -0.1) is 0 Å². The van der Waals surface area contributed by atoms with E-state index in [0.29, 0.717) is 32.0 Å². The van der Waals surface area contributed by atoms with Crippen LogP contribution in [0.25, 0.3) is 6.08 Å². The number of nitrogens with zero attached hydrogens (tertiary/aromatic N) is 1. The van der Waals surface area contributed by atoms with Crippen LogP contribution in [0, 0.1) is 6.92 Å². The SMILES string of the molecule is Cc1ccc(S(=O)(=O)N2CCOCC2)cc1NC(=O)/C=C/c1ccsc1. The van der Waals surface area contributed by atoms with Crippen LogP contribution in [-0.2, 0) is 19.6 Å². The summed E-state index contributed by atoms with van der Waals surface area (Å²) in [5.74, 6) is -0.305. The van der Waals surface area contributed by atoms with E-state index in [1.54, 1.807) is 29.5 Å². The molecule has 2 heterocycles. The molecule has 138 valence electrons. The van der Waals surface area contributed by atoms with E-state index in [9.17, 15) is 13.2 Å². The number of benzene rings is 1. The quantitative estimate of drug-likeness (QED) is 0.794. The van der Waals surface area contributed by atoms with Crippen LogP contribution in [0.5, 0.6) is 0 Å². The molecule has 1 amide bonds. The summed E-state index contributed by atoms with van der Waals surface area (Å²) in [5, 5.41) is 6.63. The molecule has 0 unspecified atom stereocenters. The topological polar surface area (TPSA) is 75.7 Å². The van der Waals surface area contributed by atoms with Gasteiger partial charge in [-0.3, -0.25) is 4.79 Å². The van der Waals surface area contributed by atoms with Gasteiger partial charge in [-0.2, -0.15) is 15.6 Å². The van der Waals surface area contributed by atoms with Crippen molar-refractivity contribution in [3.8, 4) is 0 Å². The van der Waals surface area contributed by atoms with Crippen LogP contribution in [0.4, 0.5) is 5.69 Å². The summed E-state index contributed by atoms with van der Waals surface area (Å²) < 4.78 is 32.1. The number of thiophene rings is 1.